The quantitative estimate of drug-likeness (QED) is 0.710. The Bertz CT molecular complexity index is 380. The van der Waals surface area contributed by atoms with Crippen molar-refractivity contribution in [1.29, 1.82) is 0 Å². The molecule has 0 radical (unpaired) electrons. The third-order valence-electron chi connectivity index (χ3n) is 2.15. The fourth-order valence-electron chi connectivity index (χ4n) is 1.41. The summed E-state index contributed by atoms with van der Waals surface area (Å²) in [5, 5.41) is 0. The van der Waals surface area contributed by atoms with Crippen molar-refractivity contribution >= 4 is 5.94 Å². The molecule has 0 aliphatic heterocycles. The Balaban J connectivity index is 3.19. The van der Waals surface area contributed by atoms with Gasteiger partial charge in [0.15, 0.2) is 11.5 Å². The smallest absolute Gasteiger partial charge is 0.203 e. The van der Waals surface area contributed by atoms with Crippen LogP contribution in [0.15, 0.2) is 18.2 Å². The maximum absolute atomic E-state index is 10.1. The summed E-state index contributed by atoms with van der Waals surface area (Å²) < 4.78 is 15.5. The molecule has 4 heteroatoms. The van der Waals surface area contributed by atoms with E-state index in [9.17, 15) is 4.79 Å². The number of benzene rings is 1. The van der Waals surface area contributed by atoms with E-state index in [4.69, 9.17) is 14.2 Å². The molecule has 0 unspecified atom stereocenters. The van der Waals surface area contributed by atoms with E-state index in [1.54, 1.807) is 39.4 Å². The molecule has 0 heterocycles. The molecule has 4 nitrogen and oxygen atoms in total. The molecule has 0 saturated heterocycles. The fourth-order valence-corrected chi connectivity index (χ4v) is 1.41. The molecule has 1 rings (SSSR count). The van der Waals surface area contributed by atoms with E-state index in [2.05, 4.69) is 0 Å². The summed E-state index contributed by atoms with van der Waals surface area (Å²) >= 11 is 0. The van der Waals surface area contributed by atoms with E-state index >= 15 is 0 Å². The van der Waals surface area contributed by atoms with Crippen LogP contribution in [0, 0.1) is 0 Å². The van der Waals surface area contributed by atoms with Gasteiger partial charge in [-0.05, 0) is 17.7 Å². The number of ether oxygens (including phenoxy) is 3. The summed E-state index contributed by atoms with van der Waals surface area (Å²) in [6.07, 6.45) is 1.89. The first kappa shape index (κ1) is 12.1. The Labute approximate surface area is 94.4 Å². The highest BCUT2D eigenvalue weighted by atomic mass is 16.5. The zero-order chi connectivity index (χ0) is 12.0. The molecule has 0 bridgehead atoms. The monoisotopic (exact) mass is 222 g/mol. The van der Waals surface area contributed by atoms with Gasteiger partial charge in [0.05, 0.1) is 21.3 Å². The van der Waals surface area contributed by atoms with Crippen molar-refractivity contribution in [3.63, 3.8) is 0 Å². The number of methoxy groups -OCH3 is 3. The number of hydrogen-bond donors (Lipinski definition) is 0. The zero-order valence-electron chi connectivity index (χ0n) is 9.57. The standard InChI is InChI=1S/C12H14O4/c1-14-10-7-9(5-4-6-13)8-11(15-2)12(10)16-3/h4,7-8H,5H2,1-3H3. The average Bonchev–Trinajstić information content (AvgIpc) is 2.34. The first-order chi connectivity index (χ1) is 7.76. The highest BCUT2D eigenvalue weighted by molar-refractivity contribution is 5.55. The van der Waals surface area contributed by atoms with Gasteiger partial charge < -0.3 is 14.2 Å². The molecule has 0 aliphatic rings. The number of allylic oxidation sites excluding steroid dienone is 1. The molecule has 1 aromatic rings. The summed E-state index contributed by atoms with van der Waals surface area (Å²) in [7, 11) is 4.65. The lowest BCUT2D eigenvalue weighted by Crippen LogP contribution is -1.96. The molecule has 1 aromatic carbocycles. The van der Waals surface area contributed by atoms with Gasteiger partial charge in [0.1, 0.15) is 5.94 Å². The van der Waals surface area contributed by atoms with Crippen LogP contribution in [0.2, 0.25) is 0 Å². The number of hydrogen-bond acceptors (Lipinski definition) is 4. The van der Waals surface area contributed by atoms with Crippen LogP contribution in [0.5, 0.6) is 17.2 Å². The Morgan fingerprint density at radius 3 is 2.06 bits per heavy atom. The van der Waals surface area contributed by atoms with Gasteiger partial charge >= 0.3 is 0 Å². The molecule has 0 atom stereocenters. The Hall–Kier alpha value is -1.93. The van der Waals surface area contributed by atoms with Crippen molar-refractivity contribution in [2.75, 3.05) is 21.3 Å². The Kier molecular flexibility index (Phi) is 4.42. The normalized spacial score (nSPS) is 9.19. The maximum Gasteiger partial charge on any atom is 0.203 e. The van der Waals surface area contributed by atoms with Crippen molar-refractivity contribution in [2.24, 2.45) is 0 Å². The van der Waals surface area contributed by atoms with E-state index in [1.165, 1.54) is 6.08 Å². The van der Waals surface area contributed by atoms with E-state index in [1.807, 2.05) is 0 Å². The predicted molar refractivity (Wildman–Crippen MR) is 60.1 cm³/mol. The number of carbonyl (C=O) groups excluding carboxylic acids is 1. The van der Waals surface area contributed by atoms with E-state index < -0.39 is 0 Å². The van der Waals surface area contributed by atoms with Crippen LogP contribution in [0.4, 0.5) is 0 Å². The Morgan fingerprint density at radius 1 is 1.12 bits per heavy atom. The van der Waals surface area contributed by atoms with Crippen LogP contribution in [-0.4, -0.2) is 27.3 Å². The van der Waals surface area contributed by atoms with Crippen molar-refractivity contribution in [2.45, 2.75) is 6.42 Å². The van der Waals surface area contributed by atoms with Gasteiger partial charge in [-0.3, -0.25) is 0 Å². The van der Waals surface area contributed by atoms with Gasteiger partial charge in [-0.15, -0.1) is 0 Å². The molecule has 86 valence electrons. The largest absolute Gasteiger partial charge is 0.493 e. The van der Waals surface area contributed by atoms with Gasteiger partial charge in [-0.25, -0.2) is 4.79 Å². The minimum absolute atomic E-state index is 0.486. The van der Waals surface area contributed by atoms with Crippen LogP contribution in [0.1, 0.15) is 5.56 Å². The Morgan fingerprint density at radius 2 is 1.69 bits per heavy atom. The molecule has 0 aromatic heterocycles. The highest BCUT2D eigenvalue weighted by Gasteiger charge is 2.12. The topological polar surface area (TPSA) is 44.8 Å². The molecular formula is C12H14O4. The summed E-state index contributed by atoms with van der Waals surface area (Å²) in [6, 6.07) is 3.60. The lowest BCUT2D eigenvalue weighted by atomic mass is 10.1. The summed E-state index contributed by atoms with van der Waals surface area (Å²) in [6.45, 7) is 0. The molecule has 0 N–H and O–H groups in total. The van der Waals surface area contributed by atoms with E-state index in [0.717, 1.165) is 5.56 Å². The second-order valence-corrected chi connectivity index (χ2v) is 3.06. The van der Waals surface area contributed by atoms with E-state index in [-0.39, 0.29) is 0 Å². The van der Waals surface area contributed by atoms with Crippen LogP contribution >= 0.6 is 0 Å². The second kappa shape index (κ2) is 5.83. The van der Waals surface area contributed by atoms with Crippen LogP contribution in [0.3, 0.4) is 0 Å². The van der Waals surface area contributed by atoms with Crippen LogP contribution < -0.4 is 14.2 Å². The SMILES string of the molecule is COc1cc(CC=C=O)cc(OC)c1OC. The van der Waals surface area contributed by atoms with Crippen molar-refractivity contribution in [1.82, 2.24) is 0 Å². The van der Waals surface area contributed by atoms with E-state index in [0.29, 0.717) is 23.7 Å². The van der Waals surface area contributed by atoms with Crippen LogP contribution in [0.25, 0.3) is 0 Å². The minimum atomic E-state index is 0.486. The van der Waals surface area contributed by atoms with Crippen molar-refractivity contribution in [3.8, 4) is 17.2 Å². The first-order valence-corrected chi connectivity index (χ1v) is 4.75. The maximum atomic E-state index is 10.1. The summed E-state index contributed by atoms with van der Waals surface area (Å²) in [5.74, 6) is 3.44. The second-order valence-electron chi connectivity index (χ2n) is 3.06. The van der Waals surface area contributed by atoms with Gasteiger partial charge in [0.25, 0.3) is 0 Å². The van der Waals surface area contributed by atoms with Gasteiger partial charge in [-0.1, -0.05) is 0 Å². The fraction of sp³-hybridized carbons (Fsp3) is 0.333. The first-order valence-electron chi connectivity index (χ1n) is 4.75. The molecule has 0 fully saturated rings. The molecule has 0 amide bonds. The number of rotatable bonds is 5. The highest BCUT2D eigenvalue weighted by Crippen LogP contribution is 2.38. The van der Waals surface area contributed by atoms with Crippen molar-refractivity contribution < 1.29 is 19.0 Å². The molecule has 0 aliphatic carbocycles. The summed E-state index contributed by atoms with van der Waals surface area (Å²) in [5.41, 5.74) is 0.901. The zero-order valence-corrected chi connectivity index (χ0v) is 9.57. The van der Waals surface area contributed by atoms with Gasteiger partial charge in [0, 0.05) is 12.5 Å². The third-order valence-corrected chi connectivity index (χ3v) is 2.15. The van der Waals surface area contributed by atoms with Gasteiger partial charge in [-0.2, -0.15) is 0 Å². The minimum Gasteiger partial charge on any atom is -0.493 e. The molecule has 0 saturated carbocycles. The molecular weight excluding hydrogens is 208 g/mol. The summed E-state index contributed by atoms with van der Waals surface area (Å²) in [4.78, 5) is 10.1. The lowest BCUT2D eigenvalue weighted by molar-refractivity contribution is 0.324. The lowest BCUT2D eigenvalue weighted by Gasteiger charge is -2.13. The van der Waals surface area contributed by atoms with Gasteiger partial charge in [0.2, 0.25) is 5.75 Å². The molecule has 16 heavy (non-hydrogen) atoms. The predicted octanol–water partition coefficient (Wildman–Crippen LogP) is 1.64. The van der Waals surface area contributed by atoms with Crippen LogP contribution in [-0.2, 0) is 11.2 Å². The molecule has 0 spiro atoms. The van der Waals surface area contributed by atoms with Crippen molar-refractivity contribution in [3.05, 3.63) is 23.8 Å². The average molecular weight is 222 g/mol. The third kappa shape index (κ3) is 2.55.